The first-order chi connectivity index (χ1) is 11.2. The van der Waals surface area contributed by atoms with Gasteiger partial charge in [0.15, 0.2) is 0 Å². The molecule has 0 radical (unpaired) electrons. The Bertz CT molecular complexity index is 700. The number of hydrazone groups is 1. The molecule has 0 fully saturated rings. The van der Waals surface area contributed by atoms with Gasteiger partial charge in [-0.15, -0.1) is 0 Å². The molecule has 5 heteroatoms. The van der Waals surface area contributed by atoms with E-state index in [1.54, 1.807) is 19.2 Å². The zero-order valence-electron chi connectivity index (χ0n) is 13.1. The van der Waals surface area contributed by atoms with Crippen LogP contribution in [-0.4, -0.2) is 19.4 Å². The Kier molecular flexibility index (Phi) is 4.57. The zero-order valence-corrected chi connectivity index (χ0v) is 13.1. The van der Waals surface area contributed by atoms with E-state index in [1.165, 1.54) is 12.1 Å². The molecule has 23 heavy (non-hydrogen) atoms. The summed E-state index contributed by atoms with van der Waals surface area (Å²) in [7, 11) is 1.66. The Morgan fingerprint density at radius 1 is 1.22 bits per heavy atom. The third-order valence-corrected chi connectivity index (χ3v) is 4.00. The number of ether oxygens (including phenoxy) is 1. The van der Waals surface area contributed by atoms with E-state index in [2.05, 4.69) is 0 Å². The largest absolute Gasteiger partial charge is 0.496 e. The summed E-state index contributed by atoms with van der Waals surface area (Å²) in [4.78, 5) is 0. The van der Waals surface area contributed by atoms with Gasteiger partial charge < -0.3 is 10.5 Å². The van der Waals surface area contributed by atoms with Crippen LogP contribution in [0, 0.1) is 5.82 Å². The van der Waals surface area contributed by atoms with Crippen LogP contribution in [0.4, 0.5) is 10.1 Å². The summed E-state index contributed by atoms with van der Waals surface area (Å²) in [5, 5.41) is 6.64. The van der Waals surface area contributed by atoms with Crippen LogP contribution in [0.3, 0.4) is 0 Å². The maximum absolute atomic E-state index is 13.2. The average molecular weight is 313 g/mol. The standard InChI is InChI=1S/C18H20FN3O/c1-23-18-5-3-2-4-16(18)17-12-14(10-11-20)21-22(17)15-8-6-13(19)7-9-15/h2-9,17H,10-12,20H2,1H3. The van der Waals surface area contributed by atoms with Crippen LogP contribution in [0.15, 0.2) is 53.6 Å². The van der Waals surface area contributed by atoms with Gasteiger partial charge in [-0.1, -0.05) is 18.2 Å². The first-order valence-corrected chi connectivity index (χ1v) is 7.67. The molecule has 2 N–H and O–H groups in total. The van der Waals surface area contributed by atoms with E-state index < -0.39 is 0 Å². The number of anilines is 1. The van der Waals surface area contributed by atoms with Gasteiger partial charge in [-0.3, -0.25) is 5.01 Å². The number of methoxy groups -OCH3 is 1. The van der Waals surface area contributed by atoms with Crippen LogP contribution >= 0.6 is 0 Å². The molecule has 1 atom stereocenters. The fourth-order valence-electron chi connectivity index (χ4n) is 2.91. The normalized spacial score (nSPS) is 17.3. The molecule has 4 nitrogen and oxygen atoms in total. The third-order valence-electron chi connectivity index (χ3n) is 4.00. The van der Waals surface area contributed by atoms with Crippen molar-refractivity contribution in [3.05, 3.63) is 59.9 Å². The Labute approximate surface area is 135 Å². The van der Waals surface area contributed by atoms with E-state index in [-0.39, 0.29) is 11.9 Å². The molecule has 1 aliphatic heterocycles. The van der Waals surface area contributed by atoms with E-state index in [0.29, 0.717) is 6.54 Å². The van der Waals surface area contributed by atoms with Crippen LogP contribution in [0.2, 0.25) is 0 Å². The monoisotopic (exact) mass is 313 g/mol. The van der Waals surface area contributed by atoms with E-state index in [1.807, 2.05) is 29.3 Å². The Hall–Kier alpha value is -2.40. The van der Waals surface area contributed by atoms with Crippen molar-refractivity contribution < 1.29 is 9.13 Å². The molecular weight excluding hydrogens is 293 g/mol. The minimum absolute atomic E-state index is 0.0261. The Balaban J connectivity index is 1.99. The van der Waals surface area contributed by atoms with Crippen molar-refractivity contribution >= 4 is 11.4 Å². The molecule has 1 heterocycles. The van der Waals surface area contributed by atoms with Gasteiger partial charge in [0.25, 0.3) is 0 Å². The number of rotatable bonds is 5. The summed E-state index contributed by atoms with van der Waals surface area (Å²) >= 11 is 0. The molecule has 0 aliphatic carbocycles. The van der Waals surface area contributed by atoms with Gasteiger partial charge in [-0.2, -0.15) is 5.10 Å². The fraction of sp³-hybridized carbons (Fsp3) is 0.278. The second-order valence-electron chi connectivity index (χ2n) is 5.49. The number of hydrogen-bond acceptors (Lipinski definition) is 4. The van der Waals surface area contributed by atoms with Gasteiger partial charge in [0.05, 0.1) is 18.8 Å². The van der Waals surface area contributed by atoms with Crippen LogP contribution in [-0.2, 0) is 0 Å². The highest BCUT2D eigenvalue weighted by molar-refractivity contribution is 5.89. The second-order valence-corrected chi connectivity index (χ2v) is 5.49. The van der Waals surface area contributed by atoms with Gasteiger partial charge in [0.1, 0.15) is 11.6 Å². The molecular formula is C18H20FN3O. The first kappa shape index (κ1) is 15.5. The van der Waals surface area contributed by atoms with Crippen LogP contribution < -0.4 is 15.5 Å². The molecule has 1 aliphatic rings. The summed E-state index contributed by atoms with van der Waals surface area (Å²) in [6.07, 6.45) is 1.54. The minimum atomic E-state index is -0.257. The maximum atomic E-state index is 13.2. The number of nitrogens with two attached hydrogens (primary N) is 1. The van der Waals surface area contributed by atoms with Crippen molar-refractivity contribution in [3.8, 4) is 5.75 Å². The minimum Gasteiger partial charge on any atom is -0.496 e. The molecule has 1 unspecified atom stereocenters. The third kappa shape index (κ3) is 3.19. The lowest BCUT2D eigenvalue weighted by molar-refractivity contribution is 0.405. The number of benzene rings is 2. The van der Waals surface area contributed by atoms with Crippen molar-refractivity contribution in [2.24, 2.45) is 10.8 Å². The number of halogens is 1. The highest BCUT2D eigenvalue weighted by atomic mass is 19.1. The fourth-order valence-corrected chi connectivity index (χ4v) is 2.91. The lowest BCUT2D eigenvalue weighted by atomic mass is 9.99. The molecule has 3 rings (SSSR count). The Morgan fingerprint density at radius 2 is 1.96 bits per heavy atom. The molecule has 2 aromatic carbocycles. The predicted octanol–water partition coefficient (Wildman–Crippen LogP) is 3.49. The van der Waals surface area contributed by atoms with Gasteiger partial charge >= 0.3 is 0 Å². The molecule has 2 aromatic rings. The van der Waals surface area contributed by atoms with Crippen molar-refractivity contribution in [1.82, 2.24) is 0 Å². The van der Waals surface area contributed by atoms with E-state index in [4.69, 9.17) is 15.6 Å². The van der Waals surface area contributed by atoms with Crippen LogP contribution in [0.1, 0.15) is 24.4 Å². The Morgan fingerprint density at radius 3 is 2.65 bits per heavy atom. The molecule has 0 saturated carbocycles. The topological polar surface area (TPSA) is 50.9 Å². The van der Waals surface area contributed by atoms with Gasteiger partial charge in [-0.05, 0) is 43.3 Å². The quantitative estimate of drug-likeness (QED) is 0.919. The molecule has 0 aromatic heterocycles. The van der Waals surface area contributed by atoms with Crippen molar-refractivity contribution in [1.29, 1.82) is 0 Å². The highest BCUT2D eigenvalue weighted by Crippen LogP contribution is 2.39. The molecule has 0 spiro atoms. The van der Waals surface area contributed by atoms with Gasteiger partial charge in [-0.25, -0.2) is 4.39 Å². The van der Waals surface area contributed by atoms with Crippen LogP contribution in [0.5, 0.6) is 5.75 Å². The number of nitrogens with zero attached hydrogens (tertiary/aromatic N) is 2. The molecule has 0 saturated heterocycles. The van der Waals surface area contributed by atoms with Crippen LogP contribution in [0.25, 0.3) is 0 Å². The van der Waals surface area contributed by atoms with Crippen molar-refractivity contribution in [3.63, 3.8) is 0 Å². The SMILES string of the molecule is COc1ccccc1C1CC(CCN)=NN1c1ccc(F)cc1. The number of para-hydroxylation sites is 1. The maximum Gasteiger partial charge on any atom is 0.124 e. The zero-order chi connectivity index (χ0) is 16.2. The highest BCUT2D eigenvalue weighted by Gasteiger charge is 2.30. The van der Waals surface area contributed by atoms with E-state index >= 15 is 0 Å². The summed E-state index contributed by atoms with van der Waals surface area (Å²) in [5.74, 6) is 0.571. The molecule has 120 valence electrons. The van der Waals surface area contributed by atoms with Crippen molar-refractivity contribution in [2.45, 2.75) is 18.9 Å². The first-order valence-electron chi connectivity index (χ1n) is 7.67. The van der Waals surface area contributed by atoms with E-state index in [9.17, 15) is 4.39 Å². The summed E-state index contributed by atoms with van der Waals surface area (Å²) < 4.78 is 18.7. The average Bonchev–Trinajstić information content (AvgIpc) is 2.99. The smallest absolute Gasteiger partial charge is 0.124 e. The van der Waals surface area contributed by atoms with Crippen molar-refractivity contribution in [2.75, 3.05) is 18.7 Å². The molecule has 0 bridgehead atoms. The van der Waals surface area contributed by atoms with Gasteiger partial charge in [0.2, 0.25) is 0 Å². The van der Waals surface area contributed by atoms with Gasteiger partial charge in [0, 0.05) is 17.7 Å². The summed E-state index contributed by atoms with van der Waals surface area (Å²) in [6, 6.07) is 14.3. The molecule has 0 amide bonds. The second kappa shape index (κ2) is 6.79. The lowest BCUT2D eigenvalue weighted by Gasteiger charge is -2.25. The summed E-state index contributed by atoms with van der Waals surface area (Å²) in [5.41, 5.74) is 8.65. The lowest BCUT2D eigenvalue weighted by Crippen LogP contribution is -2.19. The predicted molar refractivity (Wildman–Crippen MR) is 90.3 cm³/mol. The van der Waals surface area contributed by atoms with E-state index in [0.717, 1.165) is 35.6 Å². The number of hydrogen-bond donors (Lipinski definition) is 1. The summed E-state index contributed by atoms with van der Waals surface area (Å²) in [6.45, 7) is 0.564.